The van der Waals surface area contributed by atoms with Crippen LogP contribution in [0.1, 0.15) is 0 Å². The van der Waals surface area contributed by atoms with Crippen LogP contribution >= 0.6 is 45.7 Å². The molecule has 0 saturated carbocycles. The number of fused-ring (bicyclic) bond motifs is 1. The van der Waals surface area contributed by atoms with Crippen LogP contribution in [0.3, 0.4) is 0 Å². The third-order valence-electron chi connectivity index (χ3n) is 2.05. The molecular weight excluding hydrogens is 365 g/mol. The lowest BCUT2D eigenvalue weighted by Gasteiger charge is -1.94. The van der Waals surface area contributed by atoms with Crippen LogP contribution in [0, 0.1) is 3.57 Å². The van der Waals surface area contributed by atoms with Crippen LogP contribution in [0.4, 0.5) is 0 Å². The fraction of sp³-hybridized carbons (Fsp3) is 0. The predicted octanol–water partition coefficient (Wildman–Crippen LogP) is 3.84. The van der Waals surface area contributed by atoms with Gasteiger partial charge in [-0.05, 0) is 46.5 Å². The average Bonchev–Trinajstić information content (AvgIpc) is 2.74. The third kappa shape index (κ3) is 2.58. The van der Waals surface area contributed by atoms with Crippen LogP contribution in [0.5, 0.6) is 0 Å². The first-order valence-electron chi connectivity index (χ1n) is 4.82. The molecule has 84 valence electrons. The molecule has 0 unspecified atom stereocenters. The van der Waals surface area contributed by atoms with Crippen molar-refractivity contribution in [3.63, 3.8) is 0 Å². The van der Waals surface area contributed by atoms with Gasteiger partial charge in [-0.1, -0.05) is 12.1 Å². The van der Waals surface area contributed by atoms with Crippen molar-refractivity contribution >= 4 is 55.9 Å². The van der Waals surface area contributed by atoms with Crippen LogP contribution in [-0.2, 0) is 0 Å². The van der Waals surface area contributed by atoms with Gasteiger partial charge < -0.3 is 0 Å². The van der Waals surface area contributed by atoms with Crippen LogP contribution in [0.2, 0.25) is 0 Å². The second-order valence-electron chi connectivity index (χ2n) is 3.23. The Kier molecular flexibility index (Phi) is 3.26. The van der Waals surface area contributed by atoms with E-state index < -0.39 is 0 Å². The van der Waals surface area contributed by atoms with Gasteiger partial charge in [0.1, 0.15) is 0 Å². The number of thiazole rings is 1. The molecule has 6 heteroatoms. The molecule has 3 rings (SSSR count). The Morgan fingerprint density at radius 3 is 2.65 bits per heavy atom. The van der Waals surface area contributed by atoms with Gasteiger partial charge >= 0.3 is 0 Å². The molecular formula is C11H6IN3S2. The van der Waals surface area contributed by atoms with E-state index in [4.69, 9.17) is 0 Å². The first-order valence-corrected chi connectivity index (χ1v) is 7.53. The minimum Gasteiger partial charge on any atom is -0.230 e. The van der Waals surface area contributed by atoms with E-state index in [0.717, 1.165) is 18.6 Å². The highest BCUT2D eigenvalue weighted by molar-refractivity contribution is 14.1. The van der Waals surface area contributed by atoms with Gasteiger partial charge in [-0.3, -0.25) is 0 Å². The number of aromatic nitrogens is 3. The molecule has 1 aromatic carbocycles. The molecule has 0 atom stereocenters. The van der Waals surface area contributed by atoms with Gasteiger partial charge in [-0.15, -0.1) is 11.3 Å². The number of benzene rings is 1. The van der Waals surface area contributed by atoms with Crippen molar-refractivity contribution in [1.82, 2.24) is 15.0 Å². The summed E-state index contributed by atoms with van der Waals surface area (Å²) in [4.78, 5) is 13.0. The van der Waals surface area contributed by atoms with E-state index in [9.17, 15) is 0 Å². The Balaban J connectivity index is 1.92. The fourth-order valence-electron chi connectivity index (χ4n) is 1.33. The highest BCUT2D eigenvalue weighted by atomic mass is 127. The highest BCUT2D eigenvalue weighted by Gasteiger charge is 2.06. The number of nitrogens with zero attached hydrogens (tertiary/aromatic N) is 3. The Bertz CT molecular complexity index is 618. The number of rotatable bonds is 2. The zero-order valence-corrected chi connectivity index (χ0v) is 12.3. The minimum atomic E-state index is 0.740. The van der Waals surface area contributed by atoms with Crippen molar-refractivity contribution in [1.29, 1.82) is 0 Å². The highest BCUT2D eigenvalue weighted by Crippen LogP contribution is 2.32. The summed E-state index contributed by atoms with van der Waals surface area (Å²) in [5.41, 5.74) is 1.03. The largest absolute Gasteiger partial charge is 0.230 e. The molecule has 3 aromatic rings. The van der Waals surface area contributed by atoms with E-state index in [-0.39, 0.29) is 0 Å². The van der Waals surface area contributed by atoms with Crippen molar-refractivity contribution in [2.45, 2.75) is 9.50 Å². The number of para-hydroxylation sites is 1. The Morgan fingerprint density at radius 2 is 1.88 bits per heavy atom. The second-order valence-corrected chi connectivity index (χ2v) is 6.72. The molecule has 0 aliphatic carbocycles. The van der Waals surface area contributed by atoms with E-state index in [1.54, 1.807) is 11.3 Å². The average molecular weight is 371 g/mol. The monoisotopic (exact) mass is 371 g/mol. The smallest absolute Gasteiger partial charge is 0.194 e. The van der Waals surface area contributed by atoms with E-state index >= 15 is 0 Å². The zero-order chi connectivity index (χ0) is 11.7. The summed E-state index contributed by atoms with van der Waals surface area (Å²) in [7, 11) is 0. The molecule has 3 nitrogen and oxygen atoms in total. The van der Waals surface area contributed by atoms with Gasteiger partial charge in [-0.25, -0.2) is 15.0 Å². The normalized spacial score (nSPS) is 10.9. The molecule has 2 heterocycles. The summed E-state index contributed by atoms with van der Waals surface area (Å²) >= 11 is 5.36. The fourth-order valence-corrected chi connectivity index (χ4v) is 3.47. The lowest BCUT2D eigenvalue weighted by Crippen LogP contribution is -1.85. The molecule has 0 bridgehead atoms. The van der Waals surface area contributed by atoms with Gasteiger partial charge in [0.05, 0.1) is 10.2 Å². The molecule has 0 N–H and O–H groups in total. The van der Waals surface area contributed by atoms with Gasteiger partial charge in [0.2, 0.25) is 0 Å². The molecule has 0 aliphatic rings. The summed E-state index contributed by atoms with van der Waals surface area (Å²) in [6.07, 6.45) is 3.62. The van der Waals surface area contributed by atoms with E-state index in [1.165, 1.54) is 16.5 Å². The molecule has 0 saturated heterocycles. The summed E-state index contributed by atoms with van der Waals surface area (Å²) in [6.45, 7) is 0. The maximum Gasteiger partial charge on any atom is 0.194 e. The minimum absolute atomic E-state index is 0.740. The first kappa shape index (κ1) is 11.4. The van der Waals surface area contributed by atoms with Gasteiger partial charge in [0.25, 0.3) is 0 Å². The number of hydrogen-bond acceptors (Lipinski definition) is 5. The maximum atomic E-state index is 4.53. The predicted molar refractivity (Wildman–Crippen MR) is 78.5 cm³/mol. The molecule has 0 amide bonds. The second kappa shape index (κ2) is 4.87. The summed E-state index contributed by atoms with van der Waals surface area (Å²) in [5.74, 6) is 0. The number of hydrogen-bond donors (Lipinski definition) is 0. The quantitative estimate of drug-likeness (QED) is 0.507. The first-order chi connectivity index (χ1) is 8.31. The van der Waals surface area contributed by atoms with Gasteiger partial charge in [0, 0.05) is 16.0 Å². The van der Waals surface area contributed by atoms with Crippen LogP contribution in [-0.4, -0.2) is 15.0 Å². The van der Waals surface area contributed by atoms with E-state index in [0.29, 0.717) is 0 Å². The van der Waals surface area contributed by atoms with Crippen molar-refractivity contribution in [2.75, 3.05) is 0 Å². The molecule has 0 fully saturated rings. The van der Waals surface area contributed by atoms with Crippen LogP contribution < -0.4 is 0 Å². The molecule has 0 radical (unpaired) electrons. The lowest BCUT2D eigenvalue weighted by molar-refractivity contribution is 0.956. The van der Waals surface area contributed by atoms with Crippen LogP contribution in [0.15, 0.2) is 46.2 Å². The van der Waals surface area contributed by atoms with Crippen molar-refractivity contribution in [3.05, 3.63) is 40.2 Å². The van der Waals surface area contributed by atoms with E-state index in [2.05, 4.69) is 43.6 Å². The Labute approximate surface area is 120 Å². The number of halogens is 1. The molecule has 0 spiro atoms. The molecule has 17 heavy (non-hydrogen) atoms. The summed E-state index contributed by atoms with van der Waals surface area (Å²) in [6, 6.07) is 8.12. The van der Waals surface area contributed by atoms with Gasteiger partial charge in [-0.2, -0.15) is 0 Å². The summed E-state index contributed by atoms with van der Waals surface area (Å²) in [5, 5.41) is 0.740. The molecule has 2 aromatic heterocycles. The zero-order valence-electron chi connectivity index (χ0n) is 8.50. The SMILES string of the molecule is Ic1cnc(Sc2nc3ccccc3s2)nc1. The lowest BCUT2D eigenvalue weighted by atomic mass is 10.3. The topological polar surface area (TPSA) is 38.7 Å². The van der Waals surface area contributed by atoms with Crippen molar-refractivity contribution in [2.24, 2.45) is 0 Å². The van der Waals surface area contributed by atoms with Gasteiger partial charge in [0.15, 0.2) is 9.50 Å². The standard InChI is InChI=1S/C11H6IN3S2/c12-7-5-13-10(14-6-7)17-11-15-8-3-1-2-4-9(8)16-11/h1-6H. The molecule has 0 aliphatic heterocycles. The summed E-state index contributed by atoms with van der Waals surface area (Å²) < 4.78 is 3.21. The van der Waals surface area contributed by atoms with E-state index in [1.807, 2.05) is 30.6 Å². The Morgan fingerprint density at radius 1 is 1.12 bits per heavy atom. The third-order valence-corrected chi connectivity index (χ3v) is 4.60. The van der Waals surface area contributed by atoms with Crippen molar-refractivity contribution < 1.29 is 0 Å². The maximum absolute atomic E-state index is 4.53. The Hall–Kier alpha value is -0.730. The van der Waals surface area contributed by atoms with Crippen molar-refractivity contribution in [3.8, 4) is 0 Å². The van der Waals surface area contributed by atoms with Crippen LogP contribution in [0.25, 0.3) is 10.2 Å².